The van der Waals surface area contributed by atoms with Gasteiger partial charge in [0.25, 0.3) is 0 Å². The van der Waals surface area contributed by atoms with Crippen molar-refractivity contribution in [2.75, 3.05) is 37.8 Å². The molecular formula is C16H24F3N3O4S. The van der Waals surface area contributed by atoms with Crippen LogP contribution in [0.25, 0.3) is 0 Å². The van der Waals surface area contributed by atoms with Gasteiger partial charge in [0.15, 0.2) is 0 Å². The van der Waals surface area contributed by atoms with E-state index in [1.807, 2.05) is 13.8 Å². The lowest BCUT2D eigenvalue weighted by Gasteiger charge is -2.38. The summed E-state index contributed by atoms with van der Waals surface area (Å²) in [6.07, 6.45) is -1.26. The zero-order valence-corrected chi connectivity index (χ0v) is 16.1. The molecule has 2 aliphatic heterocycles. The van der Waals surface area contributed by atoms with Gasteiger partial charge in [-0.25, -0.2) is 4.79 Å². The number of aliphatic carboxylic acids is 1. The molecule has 0 radical (unpaired) electrons. The fourth-order valence-electron chi connectivity index (χ4n) is 3.19. The third-order valence-electron chi connectivity index (χ3n) is 4.65. The Kier molecular flexibility index (Phi) is 7.40. The van der Waals surface area contributed by atoms with Gasteiger partial charge in [-0.2, -0.15) is 13.2 Å². The number of nitrogens with zero attached hydrogens (tertiary/aromatic N) is 3. The summed E-state index contributed by atoms with van der Waals surface area (Å²) in [6, 6.07) is 0. The Morgan fingerprint density at radius 1 is 1.41 bits per heavy atom. The van der Waals surface area contributed by atoms with E-state index < -0.39 is 12.1 Å². The predicted molar refractivity (Wildman–Crippen MR) is 93.1 cm³/mol. The molecule has 27 heavy (non-hydrogen) atoms. The number of carboxylic acids is 1. The molecule has 1 spiro atoms. The van der Waals surface area contributed by atoms with Crippen molar-refractivity contribution in [3.05, 3.63) is 5.01 Å². The minimum absolute atomic E-state index is 0.297. The summed E-state index contributed by atoms with van der Waals surface area (Å²) < 4.78 is 43.2. The van der Waals surface area contributed by atoms with Crippen molar-refractivity contribution < 1.29 is 32.5 Å². The summed E-state index contributed by atoms with van der Waals surface area (Å²) in [5.74, 6) is -2.76. The Balaban J connectivity index is 0.000000321. The van der Waals surface area contributed by atoms with E-state index in [-0.39, 0.29) is 0 Å². The molecule has 1 N–H and O–H groups in total. The van der Waals surface area contributed by atoms with E-state index in [0.29, 0.717) is 11.5 Å². The van der Waals surface area contributed by atoms with Crippen LogP contribution in [-0.4, -0.2) is 66.5 Å². The Morgan fingerprint density at radius 3 is 2.52 bits per heavy atom. The van der Waals surface area contributed by atoms with Crippen LogP contribution >= 0.6 is 11.3 Å². The third kappa shape index (κ3) is 6.28. The molecule has 1 aromatic heterocycles. The average Bonchev–Trinajstić information content (AvgIpc) is 3.20. The molecule has 0 bridgehead atoms. The van der Waals surface area contributed by atoms with Crippen LogP contribution in [0, 0.1) is 12.3 Å². The van der Waals surface area contributed by atoms with E-state index in [0.717, 1.165) is 49.5 Å². The van der Waals surface area contributed by atoms with Crippen LogP contribution in [0.1, 0.15) is 31.2 Å². The van der Waals surface area contributed by atoms with Crippen molar-refractivity contribution in [2.24, 2.45) is 5.41 Å². The molecule has 1 unspecified atom stereocenters. The summed E-state index contributed by atoms with van der Waals surface area (Å²) in [7, 11) is 0. The van der Waals surface area contributed by atoms with Crippen molar-refractivity contribution in [2.45, 2.75) is 45.4 Å². The van der Waals surface area contributed by atoms with Gasteiger partial charge in [-0.3, -0.25) is 0 Å². The number of anilines is 1. The largest absolute Gasteiger partial charge is 0.490 e. The molecular weight excluding hydrogens is 387 g/mol. The highest BCUT2D eigenvalue weighted by Gasteiger charge is 2.42. The summed E-state index contributed by atoms with van der Waals surface area (Å²) in [4.78, 5) is 11.3. The van der Waals surface area contributed by atoms with Crippen LogP contribution in [0.15, 0.2) is 0 Å². The van der Waals surface area contributed by atoms with Crippen molar-refractivity contribution in [1.82, 2.24) is 10.2 Å². The molecule has 7 nitrogen and oxygen atoms in total. The summed E-state index contributed by atoms with van der Waals surface area (Å²) in [5, 5.41) is 17.6. The highest BCUT2D eigenvalue weighted by molar-refractivity contribution is 7.15. The first-order valence-electron chi connectivity index (χ1n) is 8.70. The molecule has 154 valence electrons. The van der Waals surface area contributed by atoms with E-state index in [2.05, 4.69) is 15.1 Å². The van der Waals surface area contributed by atoms with Gasteiger partial charge in [-0.05, 0) is 38.5 Å². The second-order valence-corrected chi connectivity index (χ2v) is 7.85. The molecule has 1 aromatic rings. The summed E-state index contributed by atoms with van der Waals surface area (Å²) in [6.45, 7) is 8.60. The number of piperidine rings is 1. The van der Waals surface area contributed by atoms with Gasteiger partial charge in [0, 0.05) is 19.7 Å². The maximum atomic E-state index is 10.6. The van der Waals surface area contributed by atoms with Crippen LogP contribution in [0.5, 0.6) is 0 Å². The van der Waals surface area contributed by atoms with Crippen LogP contribution in [0.4, 0.5) is 18.3 Å². The quantitative estimate of drug-likeness (QED) is 0.815. The lowest BCUT2D eigenvalue weighted by molar-refractivity contribution is -0.192. The van der Waals surface area contributed by atoms with Crippen LogP contribution in [0.3, 0.4) is 0 Å². The molecule has 2 saturated heterocycles. The fraction of sp³-hybridized carbons (Fsp3) is 0.812. The van der Waals surface area contributed by atoms with Gasteiger partial charge in [-0.15, -0.1) is 10.2 Å². The van der Waals surface area contributed by atoms with Gasteiger partial charge in [-0.1, -0.05) is 11.3 Å². The second kappa shape index (κ2) is 9.16. The number of hydrogen-bond acceptors (Lipinski definition) is 7. The highest BCUT2D eigenvalue weighted by atomic mass is 32.1. The van der Waals surface area contributed by atoms with Crippen molar-refractivity contribution in [3.8, 4) is 0 Å². The molecule has 1 atom stereocenters. The molecule has 2 fully saturated rings. The topological polar surface area (TPSA) is 84.8 Å². The Hall–Kier alpha value is -1.46. The normalized spacial score (nSPS) is 21.8. The van der Waals surface area contributed by atoms with Crippen molar-refractivity contribution in [3.63, 3.8) is 0 Å². The van der Waals surface area contributed by atoms with E-state index in [1.165, 1.54) is 12.8 Å². The van der Waals surface area contributed by atoms with Gasteiger partial charge in [0.05, 0.1) is 19.3 Å². The Bertz CT molecular complexity index is 618. The molecule has 3 rings (SSSR count). The Morgan fingerprint density at radius 2 is 2.04 bits per heavy atom. The number of carboxylic acid groups (broad SMARTS) is 1. The lowest BCUT2D eigenvalue weighted by Crippen LogP contribution is -2.40. The number of alkyl halides is 3. The summed E-state index contributed by atoms with van der Waals surface area (Å²) in [5.41, 5.74) is 0.373. The first kappa shape index (κ1) is 21.8. The molecule has 0 aromatic carbocycles. The Labute approximate surface area is 159 Å². The van der Waals surface area contributed by atoms with Gasteiger partial charge in [0.1, 0.15) is 5.01 Å². The maximum absolute atomic E-state index is 10.6. The number of rotatable bonds is 4. The minimum atomic E-state index is -5.08. The van der Waals surface area contributed by atoms with Crippen LogP contribution in [-0.2, 0) is 14.3 Å². The zero-order valence-electron chi connectivity index (χ0n) is 15.3. The molecule has 0 amide bonds. The van der Waals surface area contributed by atoms with Crippen molar-refractivity contribution in [1.29, 1.82) is 0 Å². The van der Waals surface area contributed by atoms with Gasteiger partial charge < -0.3 is 19.5 Å². The minimum Gasteiger partial charge on any atom is -0.475 e. The van der Waals surface area contributed by atoms with E-state index >= 15 is 0 Å². The molecule has 11 heteroatoms. The fourth-order valence-corrected chi connectivity index (χ4v) is 3.93. The zero-order chi connectivity index (χ0) is 20.1. The molecule has 3 heterocycles. The smallest absolute Gasteiger partial charge is 0.475 e. The third-order valence-corrected chi connectivity index (χ3v) is 5.55. The number of halogens is 3. The second-order valence-electron chi connectivity index (χ2n) is 6.69. The number of carbonyl (C=O) groups is 1. The van der Waals surface area contributed by atoms with E-state index in [1.54, 1.807) is 11.3 Å². The van der Waals surface area contributed by atoms with E-state index in [4.69, 9.17) is 19.4 Å². The standard InChI is InChI=1S/C14H23N3O2S.C2HF3O2/c1-3-18-9-12-8-14(10-19-12)4-6-17(7-5-14)13-16-15-11(2)20-13;3-2(4,5)1(6)7/h12H,3-10H2,1-2H3;(H,6,7). The number of hydrogen-bond donors (Lipinski definition) is 1. The van der Waals surface area contributed by atoms with Gasteiger partial charge in [0.2, 0.25) is 5.13 Å². The first-order chi connectivity index (χ1) is 12.6. The first-order valence-corrected chi connectivity index (χ1v) is 9.51. The van der Waals surface area contributed by atoms with Crippen molar-refractivity contribution >= 4 is 22.4 Å². The number of aromatic nitrogens is 2. The lowest BCUT2D eigenvalue weighted by atomic mass is 9.77. The van der Waals surface area contributed by atoms with Gasteiger partial charge >= 0.3 is 12.1 Å². The number of ether oxygens (including phenoxy) is 2. The number of aryl methyl sites for hydroxylation is 1. The van der Waals surface area contributed by atoms with Crippen LogP contribution < -0.4 is 4.90 Å². The SMILES string of the molecule is CCOCC1CC2(CCN(c3nnc(C)s3)CC2)CO1.O=C(O)C(F)(F)F. The molecule has 0 saturated carbocycles. The summed E-state index contributed by atoms with van der Waals surface area (Å²) >= 11 is 1.69. The predicted octanol–water partition coefficient (Wildman–Crippen LogP) is 2.89. The highest BCUT2D eigenvalue weighted by Crippen LogP contribution is 2.43. The maximum Gasteiger partial charge on any atom is 0.490 e. The molecule has 0 aliphatic carbocycles. The van der Waals surface area contributed by atoms with E-state index in [9.17, 15) is 13.2 Å². The monoisotopic (exact) mass is 411 g/mol. The average molecular weight is 411 g/mol. The van der Waals surface area contributed by atoms with Crippen LogP contribution in [0.2, 0.25) is 0 Å². The molecule has 2 aliphatic rings.